The highest BCUT2D eigenvalue weighted by Crippen LogP contribution is 2.33. The summed E-state index contributed by atoms with van der Waals surface area (Å²) in [4.78, 5) is 4.62. The molecular weight excluding hydrogens is 386 g/mol. The van der Waals surface area contributed by atoms with Gasteiger partial charge in [-0.1, -0.05) is 0 Å². The molecule has 21 heavy (non-hydrogen) atoms. The van der Waals surface area contributed by atoms with Crippen molar-refractivity contribution in [1.29, 1.82) is 0 Å². The average Bonchev–Trinajstić information content (AvgIpc) is 2.86. The van der Waals surface area contributed by atoms with Gasteiger partial charge in [-0.15, -0.1) is 11.3 Å². The van der Waals surface area contributed by atoms with E-state index in [2.05, 4.69) is 25.6 Å². The second-order valence-electron chi connectivity index (χ2n) is 4.55. The number of anilines is 1. The number of sulfonamides is 1. The van der Waals surface area contributed by atoms with Crippen molar-refractivity contribution >= 4 is 42.4 Å². The SMILES string of the molecule is O=S(=O)(Nc1nc2c(s1)CCC2)c1c(F)cc(F)cc1Br. The number of hydrogen-bond acceptors (Lipinski definition) is 4. The van der Waals surface area contributed by atoms with E-state index in [9.17, 15) is 17.2 Å². The lowest BCUT2D eigenvalue weighted by molar-refractivity contribution is 0.548. The molecule has 0 bridgehead atoms. The van der Waals surface area contributed by atoms with Crippen molar-refractivity contribution in [3.63, 3.8) is 0 Å². The van der Waals surface area contributed by atoms with Crippen LogP contribution < -0.4 is 4.72 Å². The van der Waals surface area contributed by atoms with E-state index >= 15 is 0 Å². The largest absolute Gasteiger partial charge is 0.267 e. The minimum Gasteiger partial charge on any atom is -0.254 e. The Morgan fingerprint density at radius 1 is 1.29 bits per heavy atom. The molecule has 9 heteroatoms. The molecule has 0 saturated heterocycles. The lowest BCUT2D eigenvalue weighted by Crippen LogP contribution is -2.15. The van der Waals surface area contributed by atoms with Crippen LogP contribution in [0.15, 0.2) is 21.5 Å². The molecule has 0 unspecified atom stereocenters. The maximum atomic E-state index is 13.8. The Balaban J connectivity index is 1.97. The van der Waals surface area contributed by atoms with Gasteiger partial charge in [-0.25, -0.2) is 22.2 Å². The molecular formula is C12H9BrF2N2O2S2. The Morgan fingerprint density at radius 3 is 2.71 bits per heavy atom. The van der Waals surface area contributed by atoms with E-state index in [1.807, 2.05) is 0 Å². The third-order valence-electron chi connectivity index (χ3n) is 3.05. The smallest absolute Gasteiger partial charge is 0.254 e. The van der Waals surface area contributed by atoms with Gasteiger partial charge in [-0.05, 0) is 41.3 Å². The molecule has 0 radical (unpaired) electrons. The van der Waals surface area contributed by atoms with Crippen molar-refractivity contribution in [3.05, 3.63) is 38.8 Å². The van der Waals surface area contributed by atoms with Crippen LogP contribution in [0.25, 0.3) is 0 Å². The van der Waals surface area contributed by atoms with Gasteiger partial charge in [0.2, 0.25) is 0 Å². The van der Waals surface area contributed by atoms with E-state index in [0.717, 1.165) is 35.9 Å². The lowest BCUT2D eigenvalue weighted by atomic mass is 10.3. The number of nitrogens with one attached hydrogen (secondary N) is 1. The second kappa shape index (κ2) is 5.29. The summed E-state index contributed by atoms with van der Waals surface area (Å²) in [5.41, 5.74) is 0.886. The minimum atomic E-state index is -4.17. The molecule has 2 aromatic rings. The average molecular weight is 395 g/mol. The van der Waals surface area contributed by atoms with Crippen molar-refractivity contribution in [2.75, 3.05) is 4.72 Å². The molecule has 0 fully saturated rings. The van der Waals surface area contributed by atoms with Gasteiger partial charge < -0.3 is 0 Å². The molecule has 0 amide bonds. The van der Waals surface area contributed by atoms with Crippen LogP contribution in [0.2, 0.25) is 0 Å². The van der Waals surface area contributed by atoms with Crippen LogP contribution in [-0.2, 0) is 22.9 Å². The zero-order valence-corrected chi connectivity index (χ0v) is 13.7. The van der Waals surface area contributed by atoms with Gasteiger partial charge in [-0.3, -0.25) is 4.72 Å². The summed E-state index contributed by atoms with van der Waals surface area (Å²) < 4.78 is 53.4. The molecule has 0 aliphatic heterocycles. The third kappa shape index (κ3) is 2.82. The normalized spacial score (nSPS) is 14.2. The van der Waals surface area contributed by atoms with E-state index in [0.29, 0.717) is 6.07 Å². The van der Waals surface area contributed by atoms with E-state index in [1.54, 1.807) is 0 Å². The summed E-state index contributed by atoms with van der Waals surface area (Å²) in [6.45, 7) is 0. The fraction of sp³-hybridized carbons (Fsp3) is 0.250. The number of hydrogen-bond donors (Lipinski definition) is 1. The summed E-state index contributed by atoms with van der Waals surface area (Å²) in [5, 5.41) is 0.204. The Labute approximate surface area is 132 Å². The zero-order valence-electron chi connectivity index (χ0n) is 10.5. The lowest BCUT2D eigenvalue weighted by Gasteiger charge is -2.08. The molecule has 1 heterocycles. The quantitative estimate of drug-likeness (QED) is 0.866. The number of aryl methyl sites for hydroxylation is 2. The van der Waals surface area contributed by atoms with E-state index in [4.69, 9.17) is 0 Å². The Morgan fingerprint density at radius 2 is 2.05 bits per heavy atom. The van der Waals surface area contributed by atoms with Gasteiger partial charge in [0.1, 0.15) is 16.5 Å². The van der Waals surface area contributed by atoms with Gasteiger partial charge in [0.25, 0.3) is 10.0 Å². The molecule has 112 valence electrons. The summed E-state index contributed by atoms with van der Waals surface area (Å²) in [5.74, 6) is -2.01. The molecule has 1 aliphatic rings. The molecule has 1 N–H and O–H groups in total. The number of thiazole rings is 1. The third-order valence-corrected chi connectivity index (χ3v) is 6.55. The number of halogens is 3. The molecule has 0 spiro atoms. The maximum Gasteiger partial charge on any atom is 0.267 e. The summed E-state index contributed by atoms with van der Waals surface area (Å²) in [7, 11) is -4.17. The van der Waals surface area contributed by atoms with E-state index in [-0.39, 0.29) is 9.60 Å². The highest BCUT2D eigenvalue weighted by atomic mass is 79.9. The summed E-state index contributed by atoms with van der Waals surface area (Å²) in [6, 6.07) is 1.43. The van der Waals surface area contributed by atoms with Gasteiger partial charge in [0.15, 0.2) is 5.13 Å². The Kier molecular flexibility index (Phi) is 3.74. The first kappa shape index (κ1) is 14.9. The zero-order chi connectivity index (χ0) is 15.2. The summed E-state index contributed by atoms with van der Waals surface area (Å²) >= 11 is 4.12. The van der Waals surface area contributed by atoms with Crippen molar-refractivity contribution in [2.24, 2.45) is 0 Å². The summed E-state index contributed by atoms with van der Waals surface area (Å²) in [6.07, 6.45) is 2.71. The van der Waals surface area contributed by atoms with Crippen LogP contribution >= 0.6 is 27.3 Å². The van der Waals surface area contributed by atoms with Crippen LogP contribution in [0.3, 0.4) is 0 Å². The van der Waals surface area contributed by atoms with E-state index < -0.39 is 26.6 Å². The fourth-order valence-electron chi connectivity index (χ4n) is 2.19. The topological polar surface area (TPSA) is 59.1 Å². The van der Waals surface area contributed by atoms with Crippen molar-refractivity contribution in [3.8, 4) is 0 Å². The predicted molar refractivity (Wildman–Crippen MR) is 79.0 cm³/mol. The fourth-order valence-corrected chi connectivity index (χ4v) is 5.64. The predicted octanol–water partition coefficient (Wildman–Crippen LogP) is 3.47. The molecule has 1 aliphatic carbocycles. The van der Waals surface area contributed by atoms with Crippen molar-refractivity contribution < 1.29 is 17.2 Å². The standard InChI is InChI=1S/C12H9BrF2N2O2S2/c13-7-4-6(14)5-8(15)11(7)21(18,19)17-12-16-9-2-1-3-10(9)20-12/h4-5H,1-3H2,(H,16,17). The van der Waals surface area contributed by atoms with Gasteiger partial charge in [0, 0.05) is 15.4 Å². The number of nitrogens with zero attached hydrogens (tertiary/aromatic N) is 1. The number of fused-ring (bicyclic) bond motifs is 1. The monoisotopic (exact) mass is 394 g/mol. The molecule has 4 nitrogen and oxygen atoms in total. The highest BCUT2D eigenvalue weighted by Gasteiger charge is 2.26. The van der Waals surface area contributed by atoms with Gasteiger partial charge in [0.05, 0.1) is 5.69 Å². The van der Waals surface area contributed by atoms with Crippen molar-refractivity contribution in [1.82, 2.24) is 4.98 Å². The Bertz CT molecular complexity index is 776. The highest BCUT2D eigenvalue weighted by molar-refractivity contribution is 9.10. The van der Waals surface area contributed by atoms with Gasteiger partial charge in [-0.2, -0.15) is 0 Å². The Hall–Kier alpha value is -1.06. The molecule has 1 aromatic carbocycles. The van der Waals surface area contributed by atoms with Crippen molar-refractivity contribution in [2.45, 2.75) is 24.2 Å². The molecule has 1 aromatic heterocycles. The second-order valence-corrected chi connectivity index (χ2v) is 8.10. The molecule has 0 atom stereocenters. The van der Waals surface area contributed by atoms with Crippen LogP contribution in [0.5, 0.6) is 0 Å². The first-order valence-corrected chi connectivity index (χ1v) is 9.12. The van der Waals surface area contributed by atoms with Gasteiger partial charge >= 0.3 is 0 Å². The number of rotatable bonds is 3. The first-order valence-electron chi connectivity index (χ1n) is 6.03. The molecule has 3 rings (SSSR count). The molecule has 0 saturated carbocycles. The maximum absolute atomic E-state index is 13.8. The van der Waals surface area contributed by atoms with Crippen LogP contribution in [0.4, 0.5) is 13.9 Å². The van der Waals surface area contributed by atoms with Crippen LogP contribution in [-0.4, -0.2) is 13.4 Å². The first-order chi connectivity index (χ1) is 9.87. The number of benzene rings is 1. The minimum absolute atomic E-state index is 0.170. The van der Waals surface area contributed by atoms with Crippen LogP contribution in [0, 0.1) is 11.6 Å². The number of aromatic nitrogens is 1. The van der Waals surface area contributed by atoms with E-state index in [1.165, 1.54) is 11.3 Å². The van der Waals surface area contributed by atoms with Crippen LogP contribution in [0.1, 0.15) is 17.0 Å².